The van der Waals surface area contributed by atoms with Crippen molar-refractivity contribution in [2.45, 2.75) is 52.1 Å². The Labute approximate surface area is 158 Å². The quantitative estimate of drug-likeness (QED) is 0.451. The summed E-state index contributed by atoms with van der Waals surface area (Å²) in [5.74, 6) is 0.742. The number of hydrogen-bond donors (Lipinski definition) is 0. The Bertz CT molecular complexity index is 815. The lowest BCUT2D eigenvalue weighted by Crippen LogP contribution is -2.09. The minimum atomic E-state index is -0.342. The fourth-order valence-electron chi connectivity index (χ4n) is 2.85. The highest BCUT2D eigenvalue weighted by Gasteiger charge is 2.28. The molecule has 1 aliphatic rings. The molecule has 0 aromatic heterocycles. The van der Waals surface area contributed by atoms with Crippen molar-refractivity contribution in [3.8, 4) is 11.5 Å². The molecule has 3 rings (SSSR count). The summed E-state index contributed by atoms with van der Waals surface area (Å²) in [5, 5.41) is 0.449. The highest BCUT2D eigenvalue weighted by Crippen LogP contribution is 2.45. The predicted octanol–water partition coefficient (Wildman–Crippen LogP) is 5.81. The van der Waals surface area contributed by atoms with Gasteiger partial charge < -0.3 is 9.47 Å². The first-order valence-electron chi connectivity index (χ1n) is 8.96. The zero-order chi connectivity index (χ0) is 18.7. The van der Waals surface area contributed by atoms with Crippen molar-refractivity contribution < 1.29 is 18.7 Å². The van der Waals surface area contributed by atoms with Gasteiger partial charge >= 0.3 is 5.97 Å². The van der Waals surface area contributed by atoms with Gasteiger partial charge in [-0.25, -0.2) is 4.39 Å². The second-order valence-electron chi connectivity index (χ2n) is 6.44. The highest BCUT2D eigenvalue weighted by atomic mass is 35.5. The van der Waals surface area contributed by atoms with E-state index >= 15 is 0 Å². The molecule has 0 radical (unpaired) electrons. The molecule has 0 saturated heterocycles. The van der Waals surface area contributed by atoms with E-state index in [2.05, 4.69) is 0 Å². The minimum absolute atomic E-state index is 0.108. The van der Waals surface area contributed by atoms with E-state index in [0.29, 0.717) is 40.0 Å². The Balaban J connectivity index is 1.85. The molecule has 2 aromatic rings. The van der Waals surface area contributed by atoms with Gasteiger partial charge in [-0.2, -0.15) is 0 Å². The molecule has 2 aromatic carbocycles. The van der Waals surface area contributed by atoms with E-state index in [-0.39, 0.29) is 24.8 Å². The SMILES string of the molecule is CCC(=O)Oc1cccc(Cl)c1COc1cc(F)c(CC)cc1C1CC1. The fourth-order valence-corrected chi connectivity index (χ4v) is 3.07. The molecule has 0 aliphatic heterocycles. The van der Waals surface area contributed by atoms with Crippen molar-refractivity contribution in [2.24, 2.45) is 0 Å². The van der Waals surface area contributed by atoms with Gasteiger partial charge in [0.15, 0.2) is 0 Å². The van der Waals surface area contributed by atoms with Crippen molar-refractivity contribution in [1.82, 2.24) is 0 Å². The molecule has 26 heavy (non-hydrogen) atoms. The van der Waals surface area contributed by atoms with Gasteiger partial charge in [0.1, 0.15) is 23.9 Å². The maximum Gasteiger partial charge on any atom is 0.310 e. The molecule has 1 aliphatic carbocycles. The molecule has 0 N–H and O–H groups in total. The van der Waals surface area contributed by atoms with Crippen LogP contribution in [0.1, 0.15) is 55.7 Å². The normalized spacial score (nSPS) is 13.5. The van der Waals surface area contributed by atoms with Gasteiger partial charge in [0.2, 0.25) is 0 Å². The highest BCUT2D eigenvalue weighted by molar-refractivity contribution is 6.31. The van der Waals surface area contributed by atoms with Crippen LogP contribution in [0.2, 0.25) is 5.02 Å². The summed E-state index contributed by atoms with van der Waals surface area (Å²) < 4.78 is 25.5. The second-order valence-corrected chi connectivity index (χ2v) is 6.85. The van der Waals surface area contributed by atoms with Crippen LogP contribution >= 0.6 is 11.6 Å². The van der Waals surface area contributed by atoms with E-state index in [0.717, 1.165) is 18.4 Å². The standard InChI is InChI=1S/C21H22ClFO3/c1-3-13-10-15(14-8-9-14)20(11-18(13)23)25-12-16-17(22)6-5-7-19(16)26-21(24)4-2/h5-7,10-11,14H,3-4,8-9,12H2,1-2H3. The summed E-state index contributed by atoms with van der Waals surface area (Å²) in [7, 11) is 0. The van der Waals surface area contributed by atoms with Gasteiger partial charge in [-0.3, -0.25) is 4.79 Å². The van der Waals surface area contributed by atoms with Crippen LogP contribution in [0.3, 0.4) is 0 Å². The lowest BCUT2D eigenvalue weighted by molar-refractivity contribution is -0.134. The van der Waals surface area contributed by atoms with Crippen molar-refractivity contribution in [3.05, 3.63) is 57.9 Å². The van der Waals surface area contributed by atoms with Gasteiger partial charge in [0, 0.05) is 12.5 Å². The molecule has 0 unspecified atom stereocenters. The number of carbonyl (C=O) groups is 1. The number of aryl methyl sites for hydroxylation is 1. The molecular formula is C21H22ClFO3. The lowest BCUT2D eigenvalue weighted by atomic mass is 10.0. The maximum atomic E-state index is 14.2. The van der Waals surface area contributed by atoms with Crippen LogP contribution in [0.15, 0.2) is 30.3 Å². The number of hydrogen-bond acceptors (Lipinski definition) is 3. The van der Waals surface area contributed by atoms with E-state index in [4.69, 9.17) is 21.1 Å². The second kappa shape index (κ2) is 8.09. The fraction of sp³-hybridized carbons (Fsp3) is 0.381. The number of ether oxygens (including phenoxy) is 2. The Morgan fingerprint density at radius 1 is 1.23 bits per heavy atom. The first-order valence-corrected chi connectivity index (χ1v) is 9.34. The predicted molar refractivity (Wildman–Crippen MR) is 99.5 cm³/mol. The van der Waals surface area contributed by atoms with Crippen LogP contribution in [0.5, 0.6) is 11.5 Å². The third kappa shape index (κ3) is 4.18. The van der Waals surface area contributed by atoms with Crippen molar-refractivity contribution in [3.63, 3.8) is 0 Å². The third-order valence-electron chi connectivity index (χ3n) is 4.54. The van der Waals surface area contributed by atoms with Crippen molar-refractivity contribution in [1.29, 1.82) is 0 Å². The van der Waals surface area contributed by atoms with Crippen LogP contribution in [0.25, 0.3) is 0 Å². The Kier molecular flexibility index (Phi) is 5.82. The van der Waals surface area contributed by atoms with Gasteiger partial charge in [-0.15, -0.1) is 0 Å². The molecule has 0 spiro atoms. The Morgan fingerprint density at radius 2 is 2.00 bits per heavy atom. The topological polar surface area (TPSA) is 35.5 Å². The number of halogens is 2. The van der Waals surface area contributed by atoms with Crippen LogP contribution in [-0.4, -0.2) is 5.97 Å². The van der Waals surface area contributed by atoms with Gasteiger partial charge in [0.05, 0.1) is 10.6 Å². The number of benzene rings is 2. The van der Waals surface area contributed by atoms with E-state index in [1.807, 2.05) is 13.0 Å². The molecular weight excluding hydrogens is 355 g/mol. The van der Waals surface area contributed by atoms with Gasteiger partial charge in [-0.1, -0.05) is 31.5 Å². The van der Waals surface area contributed by atoms with E-state index in [1.54, 1.807) is 25.1 Å². The Morgan fingerprint density at radius 3 is 2.65 bits per heavy atom. The van der Waals surface area contributed by atoms with E-state index in [9.17, 15) is 9.18 Å². The van der Waals surface area contributed by atoms with E-state index in [1.165, 1.54) is 6.07 Å². The smallest absolute Gasteiger partial charge is 0.310 e. The Hall–Kier alpha value is -2.07. The molecule has 0 atom stereocenters. The number of esters is 1. The van der Waals surface area contributed by atoms with Crippen LogP contribution in [0, 0.1) is 5.82 Å². The summed E-state index contributed by atoms with van der Waals surface area (Å²) in [6, 6.07) is 8.48. The van der Waals surface area contributed by atoms with Gasteiger partial charge in [-0.05, 0) is 54.5 Å². The zero-order valence-corrected chi connectivity index (χ0v) is 15.7. The lowest BCUT2D eigenvalue weighted by Gasteiger charge is -2.16. The van der Waals surface area contributed by atoms with Crippen LogP contribution in [-0.2, 0) is 17.8 Å². The van der Waals surface area contributed by atoms with Gasteiger partial charge in [0.25, 0.3) is 0 Å². The molecule has 0 heterocycles. The summed E-state index contributed by atoms with van der Waals surface area (Å²) >= 11 is 6.27. The van der Waals surface area contributed by atoms with Crippen LogP contribution in [0.4, 0.5) is 4.39 Å². The third-order valence-corrected chi connectivity index (χ3v) is 4.89. The van der Waals surface area contributed by atoms with Crippen LogP contribution < -0.4 is 9.47 Å². The monoisotopic (exact) mass is 376 g/mol. The first kappa shape index (κ1) is 18.7. The molecule has 138 valence electrons. The average Bonchev–Trinajstić information content (AvgIpc) is 3.46. The van der Waals surface area contributed by atoms with E-state index < -0.39 is 0 Å². The average molecular weight is 377 g/mol. The largest absolute Gasteiger partial charge is 0.488 e. The summed E-state index contributed by atoms with van der Waals surface area (Å²) in [6.45, 7) is 3.77. The minimum Gasteiger partial charge on any atom is -0.488 e. The summed E-state index contributed by atoms with van der Waals surface area (Å²) in [4.78, 5) is 11.6. The van der Waals surface area contributed by atoms with Crippen molar-refractivity contribution in [2.75, 3.05) is 0 Å². The first-order chi connectivity index (χ1) is 12.5. The summed E-state index contributed by atoms with van der Waals surface area (Å²) in [6.07, 6.45) is 3.10. The molecule has 1 saturated carbocycles. The maximum absolute atomic E-state index is 14.2. The molecule has 1 fully saturated rings. The molecule has 0 bridgehead atoms. The number of rotatable bonds is 7. The molecule has 0 amide bonds. The molecule has 3 nitrogen and oxygen atoms in total. The zero-order valence-electron chi connectivity index (χ0n) is 15.0. The van der Waals surface area contributed by atoms with Crippen molar-refractivity contribution >= 4 is 17.6 Å². The number of carbonyl (C=O) groups excluding carboxylic acids is 1. The molecule has 5 heteroatoms. The summed E-state index contributed by atoms with van der Waals surface area (Å²) in [5.41, 5.74) is 2.33.